The fraction of sp³-hybridized carbons (Fsp3) is 0.733. The number of allylic oxidation sites excluding steroid dienone is 1. The zero-order valence-corrected chi connectivity index (χ0v) is 11.4. The molecule has 1 aliphatic heterocycles. The van der Waals surface area contributed by atoms with E-state index < -0.39 is 0 Å². The fourth-order valence-corrected chi connectivity index (χ4v) is 2.83. The summed E-state index contributed by atoms with van der Waals surface area (Å²) in [6, 6.07) is 0.600. The summed E-state index contributed by atoms with van der Waals surface area (Å²) in [5.41, 5.74) is 1.51. The Morgan fingerprint density at radius 1 is 1.24 bits per heavy atom. The first kappa shape index (κ1) is 12.7. The third-order valence-electron chi connectivity index (χ3n) is 4.02. The summed E-state index contributed by atoms with van der Waals surface area (Å²) in [4.78, 5) is 5.16. The summed E-state index contributed by atoms with van der Waals surface area (Å²) in [5, 5.41) is 0. The molecule has 2 aliphatic rings. The van der Waals surface area contributed by atoms with Gasteiger partial charge in [-0.05, 0) is 39.2 Å². The van der Waals surface area contributed by atoms with Gasteiger partial charge in [0.1, 0.15) is 0 Å². The summed E-state index contributed by atoms with van der Waals surface area (Å²) >= 11 is 0. The van der Waals surface area contributed by atoms with Crippen molar-refractivity contribution < 1.29 is 0 Å². The highest BCUT2D eigenvalue weighted by atomic mass is 15.3. The molecule has 1 fully saturated rings. The molecule has 0 N–H and O–H groups in total. The first-order chi connectivity index (χ1) is 8.00. The molecular weight excluding hydrogens is 208 g/mol. The molecule has 0 saturated carbocycles. The predicted octanol–water partition coefficient (Wildman–Crippen LogP) is 2.12. The van der Waals surface area contributed by atoms with Crippen molar-refractivity contribution in [1.29, 1.82) is 0 Å². The Kier molecular flexibility index (Phi) is 3.61. The van der Waals surface area contributed by atoms with Crippen LogP contribution in [0.2, 0.25) is 0 Å². The molecule has 1 atom stereocenters. The highest BCUT2D eigenvalue weighted by Gasteiger charge is 2.29. The van der Waals surface area contributed by atoms with Crippen LogP contribution in [0.5, 0.6) is 0 Å². The molecule has 2 heteroatoms. The van der Waals surface area contributed by atoms with Gasteiger partial charge in [-0.15, -0.1) is 6.42 Å². The monoisotopic (exact) mass is 232 g/mol. The lowest BCUT2D eigenvalue weighted by Crippen LogP contribution is -2.55. The second-order valence-electron chi connectivity index (χ2n) is 6.14. The van der Waals surface area contributed by atoms with Crippen LogP contribution in [0.15, 0.2) is 11.6 Å². The summed E-state index contributed by atoms with van der Waals surface area (Å²) in [6.45, 7) is 11.6. The molecule has 0 aromatic heterocycles. The van der Waals surface area contributed by atoms with E-state index in [1.807, 2.05) is 0 Å². The topological polar surface area (TPSA) is 6.48 Å². The first-order valence-corrected chi connectivity index (χ1v) is 6.67. The molecule has 0 radical (unpaired) electrons. The van der Waals surface area contributed by atoms with Crippen molar-refractivity contribution in [1.82, 2.24) is 9.80 Å². The average molecular weight is 232 g/mol. The summed E-state index contributed by atoms with van der Waals surface area (Å²) < 4.78 is 0. The van der Waals surface area contributed by atoms with Crippen molar-refractivity contribution in [2.75, 3.05) is 26.2 Å². The number of hydrogen-bond donors (Lipinski definition) is 0. The third-order valence-corrected chi connectivity index (χ3v) is 4.02. The lowest BCUT2D eigenvalue weighted by atomic mass is 10.0. The molecule has 94 valence electrons. The van der Waals surface area contributed by atoms with Crippen LogP contribution in [0.3, 0.4) is 0 Å². The van der Waals surface area contributed by atoms with Crippen LogP contribution >= 0.6 is 0 Å². The van der Waals surface area contributed by atoms with E-state index in [0.29, 0.717) is 11.6 Å². The highest BCUT2D eigenvalue weighted by Crippen LogP contribution is 2.24. The van der Waals surface area contributed by atoms with Crippen molar-refractivity contribution in [3.8, 4) is 12.3 Å². The zero-order chi connectivity index (χ0) is 12.5. The maximum absolute atomic E-state index is 5.46. The van der Waals surface area contributed by atoms with Gasteiger partial charge in [-0.3, -0.25) is 9.80 Å². The summed E-state index contributed by atoms with van der Waals surface area (Å²) in [5.74, 6) is 2.79. The molecule has 2 nitrogen and oxygen atoms in total. The van der Waals surface area contributed by atoms with Gasteiger partial charge in [0.2, 0.25) is 0 Å². The van der Waals surface area contributed by atoms with Gasteiger partial charge in [0.05, 0.1) is 0 Å². The van der Waals surface area contributed by atoms with Crippen molar-refractivity contribution in [3.05, 3.63) is 11.6 Å². The van der Waals surface area contributed by atoms with Gasteiger partial charge < -0.3 is 0 Å². The third kappa shape index (κ3) is 2.91. The second-order valence-corrected chi connectivity index (χ2v) is 6.14. The van der Waals surface area contributed by atoms with Crippen LogP contribution in [-0.4, -0.2) is 47.6 Å². The molecule has 0 aromatic carbocycles. The molecular formula is C15H24N2. The Balaban J connectivity index is 1.88. The van der Waals surface area contributed by atoms with E-state index >= 15 is 0 Å². The number of piperazine rings is 1. The van der Waals surface area contributed by atoms with Gasteiger partial charge in [-0.25, -0.2) is 0 Å². The Hall–Kier alpha value is -0.780. The van der Waals surface area contributed by atoms with Gasteiger partial charge in [0.25, 0.3) is 0 Å². The Morgan fingerprint density at radius 3 is 2.35 bits per heavy atom. The summed E-state index contributed by atoms with van der Waals surface area (Å²) in [7, 11) is 0. The normalized spacial score (nSPS) is 27.9. The van der Waals surface area contributed by atoms with E-state index in [2.05, 4.69) is 42.6 Å². The highest BCUT2D eigenvalue weighted by molar-refractivity contribution is 5.30. The van der Waals surface area contributed by atoms with Crippen LogP contribution in [-0.2, 0) is 0 Å². The van der Waals surface area contributed by atoms with E-state index in [1.54, 1.807) is 0 Å². The van der Waals surface area contributed by atoms with Crippen molar-refractivity contribution in [3.63, 3.8) is 0 Å². The van der Waals surface area contributed by atoms with Gasteiger partial charge >= 0.3 is 0 Å². The number of nitrogens with zero attached hydrogens (tertiary/aromatic N) is 2. The molecule has 0 spiro atoms. The van der Waals surface area contributed by atoms with Gasteiger partial charge in [0.15, 0.2) is 0 Å². The van der Waals surface area contributed by atoms with Gasteiger partial charge in [-0.1, -0.05) is 12.0 Å². The molecule has 2 rings (SSSR count). The lowest BCUT2D eigenvalue weighted by molar-refractivity contribution is 0.0509. The molecule has 1 heterocycles. The Labute approximate surface area is 106 Å². The van der Waals surface area contributed by atoms with E-state index in [9.17, 15) is 0 Å². The number of hydrogen-bond acceptors (Lipinski definition) is 2. The minimum atomic E-state index is 0.307. The van der Waals surface area contributed by atoms with Crippen LogP contribution in [0.1, 0.15) is 33.6 Å². The fourth-order valence-electron chi connectivity index (χ4n) is 2.83. The Morgan fingerprint density at radius 2 is 1.88 bits per heavy atom. The second kappa shape index (κ2) is 4.84. The molecule has 0 amide bonds. The quantitative estimate of drug-likeness (QED) is 0.639. The lowest BCUT2D eigenvalue weighted by Gasteiger charge is -2.43. The maximum Gasteiger partial charge on any atom is 0.0294 e. The van der Waals surface area contributed by atoms with Crippen molar-refractivity contribution >= 4 is 0 Å². The molecule has 0 bridgehead atoms. The molecule has 1 unspecified atom stereocenters. The molecule has 17 heavy (non-hydrogen) atoms. The minimum absolute atomic E-state index is 0.307. The SMILES string of the molecule is C#CC1=CC(N2CCN(C(C)(C)C)CC2)CC1. The van der Waals surface area contributed by atoms with Crippen LogP contribution in [0, 0.1) is 12.3 Å². The van der Waals surface area contributed by atoms with Gasteiger partial charge in [0, 0.05) is 37.8 Å². The maximum atomic E-state index is 5.46. The van der Waals surface area contributed by atoms with Crippen LogP contribution in [0.4, 0.5) is 0 Å². The van der Waals surface area contributed by atoms with E-state index in [4.69, 9.17) is 6.42 Å². The van der Waals surface area contributed by atoms with Crippen molar-refractivity contribution in [2.45, 2.75) is 45.2 Å². The zero-order valence-electron chi connectivity index (χ0n) is 11.4. The van der Waals surface area contributed by atoms with Crippen LogP contribution < -0.4 is 0 Å². The smallest absolute Gasteiger partial charge is 0.0294 e. The largest absolute Gasteiger partial charge is 0.296 e. The average Bonchev–Trinajstić information content (AvgIpc) is 2.76. The molecule has 0 aromatic rings. The molecule has 1 saturated heterocycles. The molecule has 1 aliphatic carbocycles. The van der Waals surface area contributed by atoms with Gasteiger partial charge in [-0.2, -0.15) is 0 Å². The first-order valence-electron chi connectivity index (χ1n) is 6.67. The van der Waals surface area contributed by atoms with E-state index in [1.165, 1.54) is 38.2 Å². The van der Waals surface area contributed by atoms with E-state index in [-0.39, 0.29) is 0 Å². The van der Waals surface area contributed by atoms with Crippen LogP contribution in [0.25, 0.3) is 0 Å². The van der Waals surface area contributed by atoms with E-state index in [0.717, 1.165) is 6.42 Å². The number of terminal acetylenes is 1. The minimum Gasteiger partial charge on any atom is -0.296 e. The standard InChI is InChI=1S/C15H24N2/c1-5-13-6-7-14(12-13)16-8-10-17(11-9-16)15(2,3)4/h1,12,14H,6-11H2,2-4H3. The number of rotatable bonds is 1. The van der Waals surface area contributed by atoms with Crippen molar-refractivity contribution in [2.24, 2.45) is 0 Å². The summed E-state index contributed by atoms with van der Waals surface area (Å²) in [6.07, 6.45) is 10.1. The predicted molar refractivity (Wildman–Crippen MR) is 72.8 cm³/mol. The Bertz CT molecular complexity index is 335.